The molecule has 3 atom stereocenters. The summed E-state index contributed by atoms with van der Waals surface area (Å²) in [6, 6.07) is 0. The van der Waals surface area contributed by atoms with E-state index < -0.39 is 17.4 Å². The van der Waals surface area contributed by atoms with E-state index >= 15 is 0 Å². The van der Waals surface area contributed by atoms with Gasteiger partial charge in [-0.1, -0.05) is 6.08 Å². The first-order valence-electron chi connectivity index (χ1n) is 5.96. The summed E-state index contributed by atoms with van der Waals surface area (Å²) >= 11 is 0. The van der Waals surface area contributed by atoms with Crippen LogP contribution in [0.2, 0.25) is 0 Å². The molecule has 1 N–H and O–H groups in total. The van der Waals surface area contributed by atoms with Crippen molar-refractivity contribution in [3.63, 3.8) is 0 Å². The second-order valence-corrected chi connectivity index (χ2v) is 5.05. The van der Waals surface area contributed by atoms with Gasteiger partial charge in [0.15, 0.2) is 5.79 Å². The third-order valence-electron chi connectivity index (χ3n) is 4.32. The van der Waals surface area contributed by atoms with Crippen molar-refractivity contribution in [2.24, 2.45) is 0 Å². The summed E-state index contributed by atoms with van der Waals surface area (Å²) in [7, 11) is 0. The Bertz CT molecular complexity index is 356. The SMILES string of the molecule is C=CC[C@@]12CCCN1C(=O)C1CCC2(O)O1. The average Bonchev–Trinajstić information content (AvgIpc) is 2.82. The number of nitrogens with zero attached hydrogens (tertiary/aromatic N) is 1. The Balaban J connectivity index is 2.08. The molecule has 0 saturated carbocycles. The van der Waals surface area contributed by atoms with Gasteiger partial charge in [0.2, 0.25) is 0 Å². The first kappa shape index (κ1) is 10.3. The maximum absolute atomic E-state index is 12.1. The van der Waals surface area contributed by atoms with E-state index in [0.717, 1.165) is 19.4 Å². The molecule has 0 aliphatic carbocycles. The van der Waals surface area contributed by atoms with Gasteiger partial charge < -0.3 is 14.7 Å². The Labute approximate surface area is 94.9 Å². The predicted octanol–water partition coefficient (Wildman–Crippen LogP) is 0.805. The summed E-state index contributed by atoms with van der Waals surface area (Å²) in [6.45, 7) is 4.49. The molecule has 3 aliphatic heterocycles. The molecule has 88 valence electrons. The molecule has 2 unspecified atom stereocenters. The van der Waals surface area contributed by atoms with Crippen LogP contribution in [0.1, 0.15) is 32.1 Å². The highest BCUT2D eigenvalue weighted by Crippen LogP contribution is 2.52. The zero-order valence-corrected chi connectivity index (χ0v) is 9.32. The Morgan fingerprint density at radius 1 is 1.62 bits per heavy atom. The van der Waals surface area contributed by atoms with E-state index in [1.165, 1.54) is 0 Å². The van der Waals surface area contributed by atoms with Gasteiger partial charge in [0.05, 0.1) is 5.54 Å². The largest absolute Gasteiger partial charge is 0.364 e. The second kappa shape index (κ2) is 3.08. The van der Waals surface area contributed by atoms with E-state index in [0.29, 0.717) is 19.3 Å². The molecular formula is C12H17NO3. The Kier molecular flexibility index (Phi) is 1.98. The third kappa shape index (κ3) is 0.992. The van der Waals surface area contributed by atoms with Crippen molar-refractivity contribution in [1.29, 1.82) is 0 Å². The molecule has 16 heavy (non-hydrogen) atoms. The van der Waals surface area contributed by atoms with Gasteiger partial charge in [0.1, 0.15) is 6.10 Å². The van der Waals surface area contributed by atoms with Crippen LogP contribution in [0.25, 0.3) is 0 Å². The summed E-state index contributed by atoms with van der Waals surface area (Å²) in [5, 5.41) is 10.6. The minimum Gasteiger partial charge on any atom is -0.364 e. The van der Waals surface area contributed by atoms with Crippen LogP contribution in [0.5, 0.6) is 0 Å². The number of hydrogen-bond acceptors (Lipinski definition) is 3. The van der Waals surface area contributed by atoms with Crippen LogP contribution in [0.4, 0.5) is 0 Å². The molecule has 0 aromatic heterocycles. The van der Waals surface area contributed by atoms with Crippen LogP contribution in [0, 0.1) is 0 Å². The lowest BCUT2D eigenvalue weighted by Crippen LogP contribution is -2.67. The lowest BCUT2D eigenvalue weighted by atomic mass is 9.81. The first-order valence-corrected chi connectivity index (χ1v) is 5.96. The number of carbonyl (C=O) groups excluding carboxylic acids is 1. The van der Waals surface area contributed by atoms with Crippen LogP contribution >= 0.6 is 0 Å². The van der Waals surface area contributed by atoms with Crippen LogP contribution in [-0.2, 0) is 9.53 Å². The molecule has 0 radical (unpaired) electrons. The molecule has 3 rings (SSSR count). The van der Waals surface area contributed by atoms with E-state index in [2.05, 4.69) is 6.58 Å². The van der Waals surface area contributed by atoms with E-state index in [1.807, 2.05) is 4.90 Å². The van der Waals surface area contributed by atoms with Crippen molar-refractivity contribution >= 4 is 5.91 Å². The molecular weight excluding hydrogens is 206 g/mol. The lowest BCUT2D eigenvalue weighted by molar-refractivity contribution is -0.279. The zero-order valence-electron chi connectivity index (χ0n) is 9.32. The number of morpholine rings is 1. The van der Waals surface area contributed by atoms with Crippen molar-refractivity contribution in [1.82, 2.24) is 4.90 Å². The summed E-state index contributed by atoms with van der Waals surface area (Å²) in [6.07, 6.45) is 4.94. The quantitative estimate of drug-likeness (QED) is 0.705. The number of ether oxygens (including phenoxy) is 1. The Hall–Kier alpha value is -0.870. The fourth-order valence-electron chi connectivity index (χ4n) is 3.59. The normalized spacial score (nSPS) is 45.9. The average molecular weight is 223 g/mol. The summed E-state index contributed by atoms with van der Waals surface area (Å²) in [5.41, 5.74) is -0.543. The third-order valence-corrected chi connectivity index (χ3v) is 4.32. The predicted molar refractivity (Wildman–Crippen MR) is 57.5 cm³/mol. The van der Waals surface area contributed by atoms with E-state index in [4.69, 9.17) is 4.74 Å². The highest BCUT2D eigenvalue weighted by atomic mass is 16.6. The highest BCUT2D eigenvalue weighted by molar-refractivity contribution is 5.84. The van der Waals surface area contributed by atoms with Crippen molar-refractivity contribution in [3.8, 4) is 0 Å². The van der Waals surface area contributed by atoms with Gasteiger partial charge in [-0.25, -0.2) is 0 Å². The topological polar surface area (TPSA) is 49.8 Å². The molecule has 2 bridgehead atoms. The van der Waals surface area contributed by atoms with Crippen molar-refractivity contribution in [2.75, 3.05) is 6.54 Å². The number of fused-ring (bicyclic) bond motifs is 4. The van der Waals surface area contributed by atoms with E-state index in [9.17, 15) is 9.90 Å². The molecule has 0 spiro atoms. The summed E-state index contributed by atoms with van der Waals surface area (Å²) < 4.78 is 5.58. The Morgan fingerprint density at radius 2 is 2.44 bits per heavy atom. The molecule has 0 aromatic rings. The van der Waals surface area contributed by atoms with Gasteiger partial charge in [0, 0.05) is 13.0 Å². The van der Waals surface area contributed by atoms with Crippen LogP contribution in [-0.4, -0.2) is 39.9 Å². The molecule has 4 heteroatoms. The van der Waals surface area contributed by atoms with E-state index in [-0.39, 0.29) is 5.91 Å². The molecule has 3 heterocycles. The van der Waals surface area contributed by atoms with Crippen molar-refractivity contribution in [2.45, 2.75) is 49.5 Å². The number of rotatable bonds is 2. The molecule has 3 aliphatic rings. The lowest BCUT2D eigenvalue weighted by Gasteiger charge is -2.50. The maximum atomic E-state index is 12.1. The van der Waals surface area contributed by atoms with Gasteiger partial charge >= 0.3 is 0 Å². The van der Waals surface area contributed by atoms with Gasteiger partial charge in [-0.2, -0.15) is 0 Å². The number of hydrogen-bond donors (Lipinski definition) is 1. The minimum absolute atomic E-state index is 0.0570. The molecule has 3 saturated heterocycles. The van der Waals surface area contributed by atoms with Crippen LogP contribution < -0.4 is 0 Å². The second-order valence-electron chi connectivity index (χ2n) is 5.05. The first-order chi connectivity index (χ1) is 7.63. The zero-order chi connectivity index (χ0) is 11.4. The van der Waals surface area contributed by atoms with Crippen LogP contribution in [0.3, 0.4) is 0 Å². The van der Waals surface area contributed by atoms with Gasteiger partial charge in [0.25, 0.3) is 5.91 Å². The molecule has 1 amide bonds. The standard InChI is InChI=1S/C12H17NO3/c1-2-5-11-6-3-8-13(11)10(14)9-4-7-12(11,15)16-9/h2,9,15H,1,3-8H2/t9?,11-,12?/m0/s1. The number of amides is 1. The highest BCUT2D eigenvalue weighted by Gasteiger charge is 2.66. The minimum atomic E-state index is -1.14. The Morgan fingerprint density at radius 3 is 3.19 bits per heavy atom. The number of carbonyl (C=O) groups is 1. The number of aliphatic hydroxyl groups is 1. The summed E-state index contributed by atoms with van der Waals surface area (Å²) in [5.74, 6) is -1.09. The van der Waals surface area contributed by atoms with Gasteiger partial charge in [-0.3, -0.25) is 4.79 Å². The molecule has 3 fully saturated rings. The van der Waals surface area contributed by atoms with E-state index in [1.54, 1.807) is 6.08 Å². The monoisotopic (exact) mass is 223 g/mol. The van der Waals surface area contributed by atoms with Gasteiger partial charge in [-0.15, -0.1) is 6.58 Å². The maximum Gasteiger partial charge on any atom is 0.252 e. The summed E-state index contributed by atoms with van der Waals surface area (Å²) in [4.78, 5) is 14.0. The van der Waals surface area contributed by atoms with Crippen molar-refractivity contribution in [3.05, 3.63) is 12.7 Å². The fraction of sp³-hybridized carbons (Fsp3) is 0.750. The fourth-order valence-corrected chi connectivity index (χ4v) is 3.59. The molecule has 0 aromatic carbocycles. The molecule has 4 nitrogen and oxygen atoms in total. The van der Waals surface area contributed by atoms with Crippen molar-refractivity contribution < 1.29 is 14.6 Å². The van der Waals surface area contributed by atoms with Crippen LogP contribution in [0.15, 0.2) is 12.7 Å². The smallest absolute Gasteiger partial charge is 0.252 e. The van der Waals surface area contributed by atoms with Gasteiger partial charge in [-0.05, 0) is 25.7 Å².